The monoisotopic (exact) mass is 402 g/mol. The first kappa shape index (κ1) is 19.3. The number of hydrogen-bond acceptors (Lipinski definition) is 6. The Morgan fingerprint density at radius 1 is 1.10 bits per heavy atom. The van der Waals surface area contributed by atoms with Gasteiger partial charge in [-0.1, -0.05) is 6.07 Å². The van der Waals surface area contributed by atoms with E-state index >= 15 is 0 Å². The molecular weight excluding hydrogens is 385 g/mol. The van der Waals surface area contributed by atoms with E-state index in [4.69, 9.17) is 4.74 Å². The predicted molar refractivity (Wildman–Crippen MR) is 99.4 cm³/mol. The summed E-state index contributed by atoms with van der Waals surface area (Å²) in [5, 5.41) is 13.3. The van der Waals surface area contributed by atoms with E-state index in [1.165, 1.54) is 0 Å². The van der Waals surface area contributed by atoms with Gasteiger partial charge in [-0.25, -0.2) is 9.97 Å². The van der Waals surface area contributed by atoms with Crippen LogP contribution in [0.25, 0.3) is 11.1 Å². The highest BCUT2D eigenvalue weighted by atomic mass is 19.4. The van der Waals surface area contributed by atoms with Crippen LogP contribution in [-0.4, -0.2) is 33.3 Å². The maximum Gasteiger partial charge on any atom is 0.433 e. The topological polar surface area (TPSA) is 80.2 Å². The van der Waals surface area contributed by atoms with Crippen LogP contribution >= 0.6 is 0 Å². The van der Waals surface area contributed by atoms with Gasteiger partial charge in [-0.3, -0.25) is 4.98 Å². The number of nitrogens with one attached hydrogen (secondary N) is 1. The van der Waals surface area contributed by atoms with Crippen LogP contribution in [0.15, 0.2) is 48.9 Å². The zero-order valence-corrected chi connectivity index (χ0v) is 15.4. The number of rotatable bonds is 4. The van der Waals surface area contributed by atoms with Crippen LogP contribution in [-0.2, 0) is 16.5 Å². The van der Waals surface area contributed by atoms with Crippen LogP contribution in [0.4, 0.5) is 24.8 Å². The van der Waals surface area contributed by atoms with Crippen molar-refractivity contribution in [2.24, 2.45) is 0 Å². The summed E-state index contributed by atoms with van der Waals surface area (Å²) < 4.78 is 43.7. The largest absolute Gasteiger partial charge is 0.433 e. The SMILES string of the molecule is Cc1cc(Nc2nccc(C(F)(F)F)n2)cc(-c2cncc(C3(O)COC3)c2)c1. The highest BCUT2D eigenvalue weighted by Crippen LogP contribution is 2.33. The first-order valence-electron chi connectivity index (χ1n) is 8.78. The van der Waals surface area contributed by atoms with Gasteiger partial charge in [0.2, 0.25) is 5.95 Å². The Labute approximate surface area is 164 Å². The van der Waals surface area contributed by atoms with E-state index in [-0.39, 0.29) is 19.2 Å². The van der Waals surface area contributed by atoms with Gasteiger partial charge < -0.3 is 15.2 Å². The molecule has 1 aliphatic rings. The van der Waals surface area contributed by atoms with Gasteiger partial charge in [-0.15, -0.1) is 0 Å². The molecule has 4 rings (SSSR count). The number of aliphatic hydroxyl groups is 1. The number of alkyl halides is 3. The fourth-order valence-electron chi connectivity index (χ4n) is 3.04. The van der Waals surface area contributed by atoms with Crippen LogP contribution in [0.1, 0.15) is 16.8 Å². The lowest BCUT2D eigenvalue weighted by Gasteiger charge is -2.36. The number of pyridine rings is 1. The molecular formula is C20H17F3N4O2. The third kappa shape index (κ3) is 4.06. The van der Waals surface area contributed by atoms with Gasteiger partial charge in [0.05, 0.1) is 13.2 Å². The molecule has 2 N–H and O–H groups in total. The Morgan fingerprint density at radius 3 is 2.59 bits per heavy atom. The Kier molecular flexibility index (Phi) is 4.71. The minimum absolute atomic E-state index is 0.149. The normalized spacial score (nSPS) is 15.6. The van der Waals surface area contributed by atoms with Gasteiger partial charge in [-0.05, 0) is 42.3 Å². The first-order chi connectivity index (χ1) is 13.7. The average Bonchev–Trinajstić information content (AvgIpc) is 2.65. The third-order valence-corrected chi connectivity index (χ3v) is 4.57. The Bertz CT molecular complexity index is 1050. The van der Waals surface area contributed by atoms with Crippen LogP contribution in [0.3, 0.4) is 0 Å². The van der Waals surface area contributed by atoms with Gasteiger partial charge in [0.15, 0.2) is 0 Å². The molecule has 29 heavy (non-hydrogen) atoms. The Hall–Kier alpha value is -3.04. The number of ether oxygens (including phenoxy) is 1. The summed E-state index contributed by atoms with van der Waals surface area (Å²) in [4.78, 5) is 11.6. The minimum atomic E-state index is -4.55. The Balaban J connectivity index is 1.65. The first-order valence-corrected chi connectivity index (χ1v) is 8.78. The maximum absolute atomic E-state index is 12.9. The fraction of sp³-hybridized carbons (Fsp3) is 0.250. The van der Waals surface area contributed by atoms with Crippen molar-refractivity contribution in [3.63, 3.8) is 0 Å². The van der Waals surface area contributed by atoms with E-state index < -0.39 is 17.5 Å². The second kappa shape index (κ2) is 7.09. The van der Waals surface area contributed by atoms with Crippen LogP contribution in [0, 0.1) is 6.92 Å². The number of anilines is 2. The lowest BCUT2D eigenvalue weighted by atomic mass is 9.91. The molecule has 3 heterocycles. The van der Waals surface area contributed by atoms with Gasteiger partial charge in [0, 0.05) is 35.4 Å². The van der Waals surface area contributed by atoms with Gasteiger partial charge in [-0.2, -0.15) is 13.2 Å². The van der Waals surface area contributed by atoms with E-state index in [2.05, 4.69) is 20.3 Å². The van der Waals surface area contributed by atoms with Crippen molar-refractivity contribution in [2.45, 2.75) is 18.7 Å². The Morgan fingerprint density at radius 2 is 1.90 bits per heavy atom. The number of aryl methyl sites for hydroxylation is 1. The molecule has 0 atom stereocenters. The molecule has 6 nitrogen and oxygen atoms in total. The highest BCUT2D eigenvalue weighted by molar-refractivity contribution is 5.71. The lowest BCUT2D eigenvalue weighted by molar-refractivity contribution is -0.184. The molecule has 0 bridgehead atoms. The average molecular weight is 402 g/mol. The molecule has 0 radical (unpaired) electrons. The van der Waals surface area contributed by atoms with E-state index in [1.807, 2.05) is 19.1 Å². The summed E-state index contributed by atoms with van der Waals surface area (Å²) in [6.45, 7) is 2.30. The van der Waals surface area contributed by atoms with Crippen LogP contribution in [0.5, 0.6) is 0 Å². The number of hydrogen-bond donors (Lipinski definition) is 2. The molecule has 0 saturated carbocycles. The van der Waals surface area contributed by atoms with E-state index in [1.54, 1.807) is 24.5 Å². The molecule has 0 amide bonds. The van der Waals surface area contributed by atoms with Gasteiger partial charge in [0.1, 0.15) is 11.3 Å². The van der Waals surface area contributed by atoms with Gasteiger partial charge in [0.25, 0.3) is 0 Å². The van der Waals surface area contributed by atoms with Crippen molar-refractivity contribution in [2.75, 3.05) is 18.5 Å². The van der Waals surface area contributed by atoms with E-state index in [0.29, 0.717) is 11.3 Å². The predicted octanol–water partition coefficient (Wildman–Crippen LogP) is 3.83. The van der Waals surface area contributed by atoms with Crippen LogP contribution in [0.2, 0.25) is 0 Å². The molecule has 0 spiro atoms. The summed E-state index contributed by atoms with van der Waals surface area (Å²) in [5.41, 5.74) is 1.56. The molecule has 1 fully saturated rings. The highest BCUT2D eigenvalue weighted by Gasteiger charge is 2.38. The zero-order valence-electron chi connectivity index (χ0n) is 15.4. The standard InChI is InChI=1S/C20H17F3N4O2/c1-12-4-13(14-6-15(9-24-8-14)19(28)10-29-11-19)7-16(5-12)26-18-25-3-2-17(27-18)20(21,22)23/h2-9,28H,10-11H2,1H3,(H,25,26,27). The lowest BCUT2D eigenvalue weighted by Crippen LogP contribution is -2.46. The molecule has 9 heteroatoms. The second-order valence-electron chi connectivity index (χ2n) is 6.96. The summed E-state index contributed by atoms with van der Waals surface area (Å²) in [7, 11) is 0. The zero-order chi connectivity index (χ0) is 20.6. The van der Waals surface area contributed by atoms with E-state index in [9.17, 15) is 18.3 Å². The maximum atomic E-state index is 12.9. The van der Waals surface area contributed by atoms with Crippen molar-refractivity contribution in [3.05, 3.63) is 65.7 Å². The van der Waals surface area contributed by atoms with Crippen molar-refractivity contribution < 1.29 is 23.0 Å². The van der Waals surface area contributed by atoms with Crippen molar-refractivity contribution in [1.82, 2.24) is 15.0 Å². The fourth-order valence-corrected chi connectivity index (χ4v) is 3.04. The van der Waals surface area contributed by atoms with Crippen LogP contribution < -0.4 is 5.32 Å². The molecule has 1 aromatic carbocycles. The van der Waals surface area contributed by atoms with Gasteiger partial charge >= 0.3 is 6.18 Å². The van der Waals surface area contributed by atoms with Crippen molar-refractivity contribution in [1.29, 1.82) is 0 Å². The van der Waals surface area contributed by atoms with Crippen molar-refractivity contribution >= 4 is 11.6 Å². The smallest absolute Gasteiger partial charge is 0.380 e. The number of nitrogens with zero attached hydrogens (tertiary/aromatic N) is 3. The third-order valence-electron chi connectivity index (χ3n) is 4.57. The molecule has 150 valence electrons. The van der Waals surface area contributed by atoms with Crippen molar-refractivity contribution in [3.8, 4) is 11.1 Å². The number of benzene rings is 1. The molecule has 0 unspecified atom stereocenters. The molecule has 0 aliphatic carbocycles. The molecule has 1 saturated heterocycles. The molecule has 3 aromatic rings. The summed E-state index contributed by atoms with van der Waals surface area (Å²) in [6, 6.07) is 8.10. The quantitative estimate of drug-likeness (QED) is 0.691. The summed E-state index contributed by atoms with van der Waals surface area (Å²) in [6.07, 6.45) is -0.235. The molecule has 1 aliphatic heterocycles. The van der Waals surface area contributed by atoms with E-state index in [0.717, 1.165) is 29.0 Å². The summed E-state index contributed by atoms with van der Waals surface area (Å²) >= 11 is 0. The molecule has 2 aromatic heterocycles. The summed E-state index contributed by atoms with van der Waals surface area (Å²) in [5.74, 6) is -0.149. The number of aromatic nitrogens is 3. The minimum Gasteiger partial charge on any atom is -0.380 e. The second-order valence-corrected chi connectivity index (χ2v) is 6.96. The number of halogens is 3.